The van der Waals surface area contributed by atoms with Crippen LogP contribution in [-0.2, 0) is 19.2 Å². The summed E-state index contributed by atoms with van der Waals surface area (Å²) in [6.07, 6.45) is 7.76. The van der Waals surface area contributed by atoms with Crippen LogP contribution in [0.1, 0.15) is 63.4 Å². The molecule has 0 atom stereocenters. The predicted molar refractivity (Wildman–Crippen MR) is 162 cm³/mol. The second kappa shape index (κ2) is 14.4. The molecule has 2 aliphatic heterocycles. The summed E-state index contributed by atoms with van der Waals surface area (Å²) in [5.41, 5.74) is 1.78. The third kappa shape index (κ3) is 7.80. The molecule has 1 fully saturated rings. The molecule has 3 amide bonds. The number of unbranched alkanes of at least 4 members (excludes halogenated alkanes) is 7. The van der Waals surface area contributed by atoms with E-state index in [1.165, 1.54) is 29.2 Å². The minimum atomic E-state index is -0.749. The predicted octanol–water partition coefficient (Wildman–Crippen LogP) is 5.98. The Balaban J connectivity index is 1.34. The van der Waals surface area contributed by atoms with Gasteiger partial charge in [-0.2, -0.15) is 0 Å². The van der Waals surface area contributed by atoms with Gasteiger partial charge in [0.2, 0.25) is 5.91 Å². The van der Waals surface area contributed by atoms with Gasteiger partial charge < -0.3 is 10.4 Å². The van der Waals surface area contributed by atoms with Crippen molar-refractivity contribution in [1.29, 1.82) is 0 Å². The Kier molecular flexibility index (Phi) is 10.6. The number of amides is 3. The van der Waals surface area contributed by atoms with Crippen LogP contribution in [-0.4, -0.2) is 51.1 Å². The summed E-state index contributed by atoms with van der Waals surface area (Å²) in [5.74, 6) is -2.36. The fourth-order valence-corrected chi connectivity index (χ4v) is 6.26. The van der Waals surface area contributed by atoms with Gasteiger partial charge in [-0.05, 0) is 43.2 Å². The molecule has 0 radical (unpaired) electrons. The summed E-state index contributed by atoms with van der Waals surface area (Å²) in [7, 11) is 0. The van der Waals surface area contributed by atoms with Crippen molar-refractivity contribution < 1.29 is 28.7 Å². The zero-order chi connectivity index (χ0) is 29.4. The molecule has 0 aliphatic carbocycles. The molecule has 2 aliphatic rings. The average Bonchev–Trinajstić information content (AvgIpc) is 3.37. The van der Waals surface area contributed by atoms with Gasteiger partial charge in [0.25, 0.3) is 11.8 Å². The fourth-order valence-electron chi connectivity index (χ4n) is 4.88. The number of thioether (sulfide) groups is 1. The molecule has 2 aromatic rings. The number of carboxylic acids is 1. The second-order valence-electron chi connectivity index (χ2n) is 9.96. The van der Waals surface area contributed by atoms with Crippen LogP contribution in [0.3, 0.4) is 0 Å². The van der Waals surface area contributed by atoms with E-state index in [4.69, 9.17) is 17.3 Å². The molecule has 11 heteroatoms. The lowest BCUT2D eigenvalue weighted by Crippen LogP contribution is -2.35. The Morgan fingerprint density at radius 1 is 0.854 bits per heavy atom. The molecule has 0 bridgehead atoms. The number of carboxylic acid groups (broad SMARTS) is 1. The highest BCUT2D eigenvalue weighted by Crippen LogP contribution is 2.44. The maximum Gasteiger partial charge on any atom is 0.303 e. The normalized spacial score (nSPS) is 16.5. The first-order valence-corrected chi connectivity index (χ1v) is 14.9. The van der Waals surface area contributed by atoms with E-state index in [0.717, 1.165) is 56.7 Å². The number of para-hydroxylation sites is 1. The summed E-state index contributed by atoms with van der Waals surface area (Å²) < 4.78 is 13.6. The van der Waals surface area contributed by atoms with Gasteiger partial charge in [0, 0.05) is 24.2 Å². The maximum atomic E-state index is 13.6. The van der Waals surface area contributed by atoms with E-state index in [2.05, 4.69) is 5.32 Å². The van der Waals surface area contributed by atoms with E-state index in [1.807, 2.05) is 0 Å². The van der Waals surface area contributed by atoms with Crippen LogP contribution in [0.2, 0.25) is 0 Å². The first kappa shape index (κ1) is 30.4. The van der Waals surface area contributed by atoms with Crippen LogP contribution >= 0.6 is 24.0 Å². The number of nitrogens with zero attached hydrogens (tertiary/aromatic N) is 2. The number of anilines is 2. The third-order valence-electron chi connectivity index (χ3n) is 6.95. The highest BCUT2D eigenvalue weighted by Gasteiger charge is 2.42. The number of carbonyl (C=O) groups is 4. The largest absolute Gasteiger partial charge is 0.481 e. The van der Waals surface area contributed by atoms with Gasteiger partial charge in [0.1, 0.15) is 16.7 Å². The molecule has 8 nitrogen and oxygen atoms in total. The lowest BCUT2D eigenvalue weighted by atomic mass is 10.1. The highest BCUT2D eigenvalue weighted by molar-refractivity contribution is 8.26. The van der Waals surface area contributed by atoms with Crippen LogP contribution in [0.15, 0.2) is 53.4 Å². The number of nitrogens with one attached hydrogen (secondary N) is 1. The van der Waals surface area contributed by atoms with Gasteiger partial charge in [0.15, 0.2) is 0 Å². The molecule has 2 heterocycles. The number of carbonyl (C=O) groups excluding carboxylic acids is 3. The molecule has 0 aromatic heterocycles. The van der Waals surface area contributed by atoms with Crippen LogP contribution < -0.4 is 10.2 Å². The molecule has 4 rings (SSSR count). The number of thiocarbonyl (C=S) groups is 1. The molecular formula is C30H32FN3O5S2. The van der Waals surface area contributed by atoms with E-state index < -0.39 is 23.6 Å². The number of hydrogen-bond acceptors (Lipinski definition) is 6. The number of halogens is 1. The number of aliphatic carboxylic acids is 1. The Morgan fingerprint density at radius 2 is 1.49 bits per heavy atom. The zero-order valence-corrected chi connectivity index (χ0v) is 24.2. The molecule has 1 saturated heterocycles. The molecular weight excluding hydrogens is 565 g/mol. The van der Waals surface area contributed by atoms with Crippen LogP contribution in [0.5, 0.6) is 0 Å². The minimum absolute atomic E-state index is 0.224. The van der Waals surface area contributed by atoms with E-state index in [0.29, 0.717) is 34.2 Å². The van der Waals surface area contributed by atoms with Crippen LogP contribution in [0.25, 0.3) is 5.57 Å². The van der Waals surface area contributed by atoms with Gasteiger partial charge >= 0.3 is 5.97 Å². The Bertz CT molecular complexity index is 1360. The van der Waals surface area contributed by atoms with Crippen molar-refractivity contribution in [3.8, 4) is 0 Å². The molecule has 0 spiro atoms. The topological polar surface area (TPSA) is 107 Å². The lowest BCUT2D eigenvalue weighted by molar-refractivity contribution is -0.137. The molecule has 2 aromatic carbocycles. The number of benzene rings is 2. The lowest BCUT2D eigenvalue weighted by Gasteiger charge is -2.17. The number of fused-ring (bicyclic) bond motifs is 1. The van der Waals surface area contributed by atoms with Crippen molar-refractivity contribution in [2.24, 2.45) is 0 Å². The van der Waals surface area contributed by atoms with Crippen LogP contribution in [0, 0.1) is 5.82 Å². The Morgan fingerprint density at radius 3 is 2.17 bits per heavy atom. The summed E-state index contributed by atoms with van der Waals surface area (Å²) in [6, 6.07) is 12.4. The van der Waals surface area contributed by atoms with Gasteiger partial charge in [-0.1, -0.05) is 80.7 Å². The maximum absolute atomic E-state index is 13.6. The molecule has 0 saturated carbocycles. The van der Waals surface area contributed by atoms with E-state index >= 15 is 0 Å². The quantitative estimate of drug-likeness (QED) is 0.157. The summed E-state index contributed by atoms with van der Waals surface area (Å²) >= 11 is 6.62. The van der Waals surface area contributed by atoms with Crippen molar-refractivity contribution >= 4 is 68.9 Å². The van der Waals surface area contributed by atoms with Crippen molar-refractivity contribution in [3.63, 3.8) is 0 Å². The monoisotopic (exact) mass is 597 g/mol. The van der Waals surface area contributed by atoms with Gasteiger partial charge in [-0.3, -0.25) is 29.0 Å². The Labute approximate surface area is 248 Å². The molecule has 0 unspecified atom stereocenters. The van der Waals surface area contributed by atoms with Crippen molar-refractivity contribution in [1.82, 2.24) is 4.90 Å². The first-order valence-electron chi connectivity index (χ1n) is 13.7. The van der Waals surface area contributed by atoms with Crippen LogP contribution in [0.4, 0.5) is 15.8 Å². The van der Waals surface area contributed by atoms with Gasteiger partial charge in [0.05, 0.1) is 16.2 Å². The smallest absolute Gasteiger partial charge is 0.303 e. The van der Waals surface area contributed by atoms with Crippen molar-refractivity contribution in [2.45, 2.75) is 57.8 Å². The zero-order valence-electron chi connectivity index (χ0n) is 22.6. The summed E-state index contributed by atoms with van der Waals surface area (Å²) in [4.78, 5) is 53.5. The molecule has 2 N–H and O–H groups in total. The number of rotatable bonds is 14. The number of hydrogen-bond donors (Lipinski definition) is 2. The van der Waals surface area contributed by atoms with E-state index in [9.17, 15) is 23.6 Å². The SMILES string of the molecule is O=C(O)CCCCCCCCCCN1C(=O)C(=C2C(=O)N(CC(=O)Nc3ccc(F)cc3)c3ccccc32)SC1=S. The van der Waals surface area contributed by atoms with Crippen molar-refractivity contribution in [2.75, 3.05) is 23.3 Å². The average molecular weight is 598 g/mol. The minimum Gasteiger partial charge on any atom is -0.481 e. The molecule has 41 heavy (non-hydrogen) atoms. The van der Waals surface area contributed by atoms with E-state index in [1.54, 1.807) is 29.2 Å². The van der Waals surface area contributed by atoms with Gasteiger partial charge in [-0.15, -0.1) is 0 Å². The van der Waals surface area contributed by atoms with E-state index in [-0.39, 0.29) is 29.4 Å². The second-order valence-corrected chi connectivity index (χ2v) is 11.6. The third-order valence-corrected chi connectivity index (χ3v) is 8.40. The summed E-state index contributed by atoms with van der Waals surface area (Å²) in [5, 5.41) is 11.4. The standard InChI is InChI=1S/C30H32FN3O5S2/c31-20-14-16-21(17-15-20)32-24(35)19-34-23-12-9-8-11-22(23)26(28(34)38)27-29(39)33(30(40)41-27)18-10-6-4-2-1-3-5-7-13-25(36)37/h8-9,11-12,14-17H,1-7,10,13,18-19H2,(H,32,35)(H,36,37). The molecule has 216 valence electrons. The fraction of sp³-hybridized carbons (Fsp3) is 0.367. The Hall–Kier alpha value is -3.57. The van der Waals surface area contributed by atoms with Gasteiger partial charge in [-0.25, -0.2) is 4.39 Å². The first-order chi connectivity index (χ1) is 19.8. The summed E-state index contributed by atoms with van der Waals surface area (Å²) in [6.45, 7) is 0.205. The van der Waals surface area contributed by atoms with Crippen molar-refractivity contribution in [3.05, 3.63) is 64.8 Å². The highest BCUT2D eigenvalue weighted by atomic mass is 32.2.